The van der Waals surface area contributed by atoms with Gasteiger partial charge in [0.1, 0.15) is 11.4 Å². The monoisotopic (exact) mass is 281 g/mol. The van der Waals surface area contributed by atoms with Crippen LogP contribution in [0, 0.1) is 6.92 Å². The summed E-state index contributed by atoms with van der Waals surface area (Å²) in [6.45, 7) is 3.76. The molecular weight excluding hydrogens is 266 g/mol. The molecule has 0 unspecified atom stereocenters. The first-order valence-electron chi connectivity index (χ1n) is 6.72. The van der Waals surface area contributed by atoms with Crippen LogP contribution in [0.25, 0.3) is 22.6 Å². The summed E-state index contributed by atoms with van der Waals surface area (Å²) in [4.78, 5) is 28.0. The van der Waals surface area contributed by atoms with Gasteiger partial charge in [-0.1, -0.05) is 19.1 Å². The molecule has 1 aromatic carbocycles. The second kappa shape index (κ2) is 4.97. The minimum atomic E-state index is -0.572. The number of aryl methyl sites for hydroxylation is 2. The number of nitrogens with zero attached hydrogens (tertiary/aromatic N) is 3. The molecule has 106 valence electrons. The minimum absolute atomic E-state index is 0.207. The van der Waals surface area contributed by atoms with Gasteiger partial charge in [-0.3, -0.25) is 9.78 Å². The topological polar surface area (TPSA) is 97.6 Å². The van der Waals surface area contributed by atoms with Crippen LogP contribution in [-0.2, 0) is 6.42 Å². The summed E-state index contributed by atoms with van der Waals surface area (Å²) in [6, 6.07) is 7.69. The SMILES string of the molecule is CCc1nc(C)c(-c2nc3ccccc3[nH]2)nc1C(N)=O. The fraction of sp³-hybridized carbons (Fsp3) is 0.200. The Bertz CT molecular complexity index is 804. The second-order valence-electron chi connectivity index (χ2n) is 4.77. The lowest BCUT2D eigenvalue weighted by atomic mass is 10.2. The highest BCUT2D eigenvalue weighted by Crippen LogP contribution is 2.22. The maximum absolute atomic E-state index is 11.5. The molecule has 1 amide bonds. The molecule has 0 saturated heterocycles. The summed E-state index contributed by atoms with van der Waals surface area (Å²) in [5.41, 5.74) is 9.23. The molecule has 0 saturated carbocycles. The van der Waals surface area contributed by atoms with Crippen LogP contribution in [0.2, 0.25) is 0 Å². The Morgan fingerprint density at radius 3 is 2.67 bits per heavy atom. The Balaban J connectivity index is 2.21. The molecule has 3 aromatic rings. The third-order valence-electron chi connectivity index (χ3n) is 3.32. The van der Waals surface area contributed by atoms with E-state index in [-0.39, 0.29) is 5.69 Å². The lowest BCUT2D eigenvalue weighted by Gasteiger charge is -2.07. The predicted octanol–water partition coefficient (Wildman–Crippen LogP) is 1.99. The molecular formula is C15H15N5O. The Hall–Kier alpha value is -2.76. The van der Waals surface area contributed by atoms with Crippen LogP contribution < -0.4 is 5.73 Å². The van der Waals surface area contributed by atoms with Crippen molar-refractivity contribution >= 4 is 16.9 Å². The van der Waals surface area contributed by atoms with Gasteiger partial charge in [0.25, 0.3) is 5.91 Å². The standard InChI is InChI=1S/C15H15N5O/c1-3-9-13(14(16)21)20-12(8(2)17-9)15-18-10-6-4-5-7-11(10)19-15/h4-7H,3H2,1-2H3,(H2,16,21)(H,18,19). The quantitative estimate of drug-likeness (QED) is 0.767. The smallest absolute Gasteiger partial charge is 0.269 e. The summed E-state index contributed by atoms with van der Waals surface area (Å²) in [5.74, 6) is 0.0167. The molecule has 0 radical (unpaired) electrons. The van der Waals surface area contributed by atoms with Gasteiger partial charge in [-0.2, -0.15) is 0 Å². The zero-order valence-electron chi connectivity index (χ0n) is 11.8. The number of fused-ring (bicyclic) bond motifs is 1. The number of nitrogens with one attached hydrogen (secondary N) is 1. The van der Waals surface area contributed by atoms with Crippen molar-refractivity contribution in [2.45, 2.75) is 20.3 Å². The number of imidazole rings is 1. The Morgan fingerprint density at radius 1 is 1.24 bits per heavy atom. The van der Waals surface area contributed by atoms with Crippen LogP contribution in [0.4, 0.5) is 0 Å². The van der Waals surface area contributed by atoms with E-state index < -0.39 is 5.91 Å². The zero-order valence-corrected chi connectivity index (χ0v) is 11.8. The van der Waals surface area contributed by atoms with E-state index in [1.165, 1.54) is 0 Å². The van der Waals surface area contributed by atoms with Crippen molar-refractivity contribution < 1.29 is 4.79 Å². The van der Waals surface area contributed by atoms with E-state index in [1.54, 1.807) is 0 Å². The Morgan fingerprint density at radius 2 is 2.00 bits per heavy atom. The van der Waals surface area contributed by atoms with Gasteiger partial charge in [-0.25, -0.2) is 9.97 Å². The average Bonchev–Trinajstić information content (AvgIpc) is 2.90. The summed E-state index contributed by atoms with van der Waals surface area (Å²) in [6.07, 6.45) is 0.604. The number of benzene rings is 1. The molecule has 0 atom stereocenters. The largest absolute Gasteiger partial charge is 0.364 e. The molecule has 0 aliphatic rings. The highest BCUT2D eigenvalue weighted by atomic mass is 16.1. The van der Waals surface area contributed by atoms with E-state index >= 15 is 0 Å². The van der Waals surface area contributed by atoms with Crippen LogP contribution >= 0.6 is 0 Å². The molecule has 0 spiro atoms. The van der Waals surface area contributed by atoms with Crippen molar-refractivity contribution in [2.75, 3.05) is 0 Å². The van der Waals surface area contributed by atoms with Crippen LogP contribution in [0.5, 0.6) is 0 Å². The molecule has 3 rings (SSSR count). The Labute approximate surface area is 121 Å². The van der Waals surface area contributed by atoms with Crippen molar-refractivity contribution in [1.82, 2.24) is 19.9 Å². The lowest BCUT2D eigenvalue weighted by molar-refractivity contribution is 0.0994. The van der Waals surface area contributed by atoms with Gasteiger partial charge in [0, 0.05) is 0 Å². The van der Waals surface area contributed by atoms with Gasteiger partial charge in [-0.05, 0) is 25.5 Å². The van der Waals surface area contributed by atoms with Crippen molar-refractivity contribution in [1.29, 1.82) is 0 Å². The van der Waals surface area contributed by atoms with Crippen LogP contribution in [0.3, 0.4) is 0 Å². The van der Waals surface area contributed by atoms with E-state index in [1.807, 2.05) is 38.1 Å². The number of rotatable bonds is 3. The number of hydrogen-bond acceptors (Lipinski definition) is 4. The fourth-order valence-electron chi connectivity index (χ4n) is 2.30. The molecule has 6 nitrogen and oxygen atoms in total. The molecule has 0 fully saturated rings. The van der Waals surface area contributed by atoms with Gasteiger partial charge in [0.05, 0.1) is 22.4 Å². The van der Waals surface area contributed by atoms with Crippen LogP contribution in [-0.4, -0.2) is 25.8 Å². The minimum Gasteiger partial charge on any atom is -0.364 e. The number of primary amides is 1. The zero-order chi connectivity index (χ0) is 15.0. The van der Waals surface area contributed by atoms with E-state index in [0.29, 0.717) is 23.6 Å². The van der Waals surface area contributed by atoms with Gasteiger partial charge in [0.2, 0.25) is 0 Å². The lowest BCUT2D eigenvalue weighted by Crippen LogP contribution is -2.18. The number of H-pyrrole nitrogens is 1. The summed E-state index contributed by atoms with van der Waals surface area (Å²) in [7, 11) is 0. The van der Waals surface area contributed by atoms with Crippen LogP contribution in [0.1, 0.15) is 28.8 Å². The summed E-state index contributed by atoms with van der Waals surface area (Å²) in [5, 5.41) is 0. The van der Waals surface area contributed by atoms with E-state index in [2.05, 4.69) is 19.9 Å². The first kappa shape index (κ1) is 13.2. The maximum Gasteiger partial charge on any atom is 0.269 e. The van der Waals surface area contributed by atoms with Crippen molar-refractivity contribution in [3.8, 4) is 11.5 Å². The van der Waals surface area contributed by atoms with Crippen molar-refractivity contribution in [2.24, 2.45) is 5.73 Å². The second-order valence-corrected chi connectivity index (χ2v) is 4.77. The van der Waals surface area contributed by atoms with E-state index in [4.69, 9.17) is 5.73 Å². The number of carbonyl (C=O) groups excluding carboxylic acids is 1. The summed E-state index contributed by atoms with van der Waals surface area (Å²) >= 11 is 0. The number of hydrogen-bond donors (Lipinski definition) is 2. The van der Waals surface area contributed by atoms with E-state index in [9.17, 15) is 4.79 Å². The summed E-state index contributed by atoms with van der Waals surface area (Å²) < 4.78 is 0. The molecule has 0 bridgehead atoms. The fourth-order valence-corrected chi connectivity index (χ4v) is 2.30. The van der Waals surface area contributed by atoms with Gasteiger partial charge in [0.15, 0.2) is 5.82 Å². The predicted molar refractivity (Wildman–Crippen MR) is 79.8 cm³/mol. The molecule has 2 heterocycles. The molecule has 6 heteroatoms. The van der Waals surface area contributed by atoms with Gasteiger partial charge < -0.3 is 10.7 Å². The van der Waals surface area contributed by atoms with Crippen LogP contribution in [0.15, 0.2) is 24.3 Å². The first-order chi connectivity index (χ1) is 10.1. The number of carbonyl (C=O) groups is 1. The number of amides is 1. The van der Waals surface area contributed by atoms with Gasteiger partial charge in [-0.15, -0.1) is 0 Å². The molecule has 0 aliphatic heterocycles. The molecule has 0 aliphatic carbocycles. The number of aromatic amines is 1. The van der Waals surface area contributed by atoms with E-state index in [0.717, 1.165) is 16.7 Å². The number of aromatic nitrogens is 4. The van der Waals surface area contributed by atoms with Crippen molar-refractivity contribution in [3.05, 3.63) is 41.3 Å². The molecule has 21 heavy (non-hydrogen) atoms. The van der Waals surface area contributed by atoms with Crippen molar-refractivity contribution in [3.63, 3.8) is 0 Å². The maximum atomic E-state index is 11.5. The first-order valence-corrected chi connectivity index (χ1v) is 6.72. The highest BCUT2D eigenvalue weighted by molar-refractivity contribution is 5.92. The number of nitrogens with two attached hydrogens (primary N) is 1. The normalized spacial score (nSPS) is 11.0. The molecule has 3 N–H and O–H groups in total. The highest BCUT2D eigenvalue weighted by Gasteiger charge is 2.17. The Kier molecular flexibility index (Phi) is 3.13. The molecule has 2 aromatic heterocycles. The number of para-hydroxylation sites is 2. The average molecular weight is 281 g/mol. The third-order valence-corrected chi connectivity index (χ3v) is 3.32. The third kappa shape index (κ3) is 2.24. The van der Waals surface area contributed by atoms with Gasteiger partial charge >= 0.3 is 0 Å².